The van der Waals surface area contributed by atoms with Crippen LogP contribution in [0.15, 0.2) is 83.9 Å². The first-order valence-electron chi connectivity index (χ1n) is 8.60. The van der Waals surface area contributed by atoms with E-state index in [1.165, 1.54) is 5.56 Å². The molecule has 1 aromatic heterocycles. The molecule has 27 heavy (non-hydrogen) atoms. The Morgan fingerprint density at radius 1 is 0.926 bits per heavy atom. The van der Waals surface area contributed by atoms with E-state index in [1.54, 1.807) is 35.1 Å². The lowest BCUT2D eigenvalue weighted by atomic mass is 10.1. The maximum Gasteiger partial charge on any atom is 0.263 e. The van der Waals surface area contributed by atoms with Crippen LogP contribution in [0.1, 0.15) is 11.1 Å². The van der Waals surface area contributed by atoms with Gasteiger partial charge in [-0.3, -0.25) is 9.40 Å². The lowest BCUT2D eigenvalue weighted by molar-refractivity contribution is 0.600. The molecular formula is C21H19N3O2S. The van der Waals surface area contributed by atoms with Crippen LogP contribution in [0.3, 0.4) is 0 Å². The molecule has 0 spiro atoms. The van der Waals surface area contributed by atoms with Gasteiger partial charge in [0.05, 0.1) is 11.4 Å². The Morgan fingerprint density at radius 2 is 1.74 bits per heavy atom. The van der Waals surface area contributed by atoms with Gasteiger partial charge in [0, 0.05) is 12.3 Å². The van der Waals surface area contributed by atoms with E-state index in [-0.39, 0.29) is 4.90 Å². The number of hydrogen-bond donors (Lipinski definition) is 1. The molecule has 4 aromatic rings. The molecule has 0 aliphatic carbocycles. The van der Waals surface area contributed by atoms with E-state index in [4.69, 9.17) is 0 Å². The Balaban J connectivity index is 1.55. The summed E-state index contributed by atoms with van der Waals surface area (Å²) in [6, 6.07) is 22.5. The summed E-state index contributed by atoms with van der Waals surface area (Å²) in [5.41, 5.74) is 2.29. The molecular weight excluding hydrogens is 358 g/mol. The fourth-order valence-electron chi connectivity index (χ4n) is 3.03. The van der Waals surface area contributed by atoms with Crippen molar-refractivity contribution in [1.29, 1.82) is 0 Å². The molecule has 0 saturated carbocycles. The molecule has 1 heterocycles. The number of nitrogens with one attached hydrogen (secondary N) is 1. The van der Waals surface area contributed by atoms with Crippen molar-refractivity contribution >= 4 is 26.6 Å². The highest BCUT2D eigenvalue weighted by atomic mass is 32.2. The molecule has 0 aliphatic rings. The smallest absolute Gasteiger partial charge is 0.263 e. The summed E-state index contributed by atoms with van der Waals surface area (Å²) < 4.78 is 29.7. The number of hydrogen-bond acceptors (Lipinski definition) is 3. The van der Waals surface area contributed by atoms with Gasteiger partial charge in [-0.1, -0.05) is 60.2 Å². The predicted octanol–water partition coefficient (Wildman–Crippen LogP) is 4.19. The van der Waals surface area contributed by atoms with E-state index in [0.717, 1.165) is 16.3 Å². The van der Waals surface area contributed by atoms with Gasteiger partial charge in [0.1, 0.15) is 0 Å². The van der Waals surface area contributed by atoms with Crippen LogP contribution in [0.4, 0.5) is 5.82 Å². The first kappa shape index (κ1) is 17.3. The quantitative estimate of drug-likeness (QED) is 0.567. The molecule has 4 rings (SSSR count). The summed E-state index contributed by atoms with van der Waals surface area (Å²) in [5.74, 6) is 0.302. The number of anilines is 1. The second-order valence-corrected chi connectivity index (χ2v) is 8.18. The van der Waals surface area contributed by atoms with Gasteiger partial charge in [-0.2, -0.15) is 5.10 Å². The van der Waals surface area contributed by atoms with Gasteiger partial charge in [0.15, 0.2) is 5.82 Å². The molecule has 6 heteroatoms. The largest absolute Gasteiger partial charge is 0.266 e. The number of sulfonamides is 1. The monoisotopic (exact) mass is 377 g/mol. The van der Waals surface area contributed by atoms with Gasteiger partial charge < -0.3 is 0 Å². The maximum absolute atomic E-state index is 12.7. The highest BCUT2D eigenvalue weighted by molar-refractivity contribution is 7.92. The van der Waals surface area contributed by atoms with Gasteiger partial charge >= 0.3 is 0 Å². The van der Waals surface area contributed by atoms with E-state index in [9.17, 15) is 8.42 Å². The Bertz CT molecular complexity index is 1210. The zero-order chi connectivity index (χ0) is 18.9. The number of rotatable bonds is 5. The summed E-state index contributed by atoms with van der Waals surface area (Å²) in [6.07, 6.45) is 1.76. The summed E-state index contributed by atoms with van der Waals surface area (Å²) in [6.45, 7) is 2.62. The van der Waals surface area contributed by atoms with E-state index in [2.05, 4.69) is 15.9 Å². The third kappa shape index (κ3) is 3.85. The summed E-state index contributed by atoms with van der Waals surface area (Å²) >= 11 is 0. The van der Waals surface area contributed by atoms with Crippen LogP contribution in [-0.2, 0) is 16.6 Å². The number of benzene rings is 3. The molecule has 0 atom stereocenters. The Kier molecular flexibility index (Phi) is 4.41. The van der Waals surface area contributed by atoms with E-state index < -0.39 is 10.0 Å². The van der Waals surface area contributed by atoms with Crippen molar-refractivity contribution in [1.82, 2.24) is 9.78 Å². The summed E-state index contributed by atoms with van der Waals surface area (Å²) in [5, 5.41) is 6.21. The molecule has 1 N–H and O–H groups in total. The number of aromatic nitrogens is 2. The van der Waals surface area contributed by atoms with Crippen LogP contribution >= 0.6 is 0 Å². The minimum atomic E-state index is -3.70. The van der Waals surface area contributed by atoms with Gasteiger partial charge in [0.2, 0.25) is 0 Å². The summed E-state index contributed by atoms with van der Waals surface area (Å²) in [7, 11) is -3.70. The molecule has 136 valence electrons. The van der Waals surface area contributed by atoms with Crippen molar-refractivity contribution in [3.63, 3.8) is 0 Å². The van der Waals surface area contributed by atoms with E-state index in [0.29, 0.717) is 12.4 Å². The van der Waals surface area contributed by atoms with E-state index in [1.807, 2.05) is 49.4 Å². The Labute approximate surface area is 158 Å². The van der Waals surface area contributed by atoms with Crippen LogP contribution in [0.2, 0.25) is 0 Å². The molecule has 0 amide bonds. The lowest BCUT2D eigenvalue weighted by Crippen LogP contribution is -2.13. The highest BCUT2D eigenvalue weighted by Crippen LogP contribution is 2.21. The topological polar surface area (TPSA) is 64.0 Å². The van der Waals surface area contributed by atoms with Crippen molar-refractivity contribution in [3.05, 3.63) is 90.1 Å². The van der Waals surface area contributed by atoms with Gasteiger partial charge in [0.25, 0.3) is 10.0 Å². The zero-order valence-corrected chi connectivity index (χ0v) is 15.6. The molecule has 5 nitrogen and oxygen atoms in total. The molecule has 3 aromatic carbocycles. The summed E-state index contributed by atoms with van der Waals surface area (Å²) in [4.78, 5) is 0.217. The number of nitrogens with zero attached hydrogens (tertiary/aromatic N) is 2. The SMILES string of the molecule is Cc1cccc(Cn2ccc(NS(=O)(=O)c3ccc4ccccc4c3)n2)c1. The third-order valence-electron chi connectivity index (χ3n) is 4.34. The van der Waals surface area contributed by atoms with Gasteiger partial charge in [-0.25, -0.2) is 8.42 Å². The number of aryl methyl sites for hydroxylation is 1. The lowest BCUT2D eigenvalue weighted by Gasteiger charge is -2.07. The van der Waals surface area contributed by atoms with Crippen LogP contribution in [0.25, 0.3) is 10.8 Å². The minimum absolute atomic E-state index is 0.217. The second kappa shape index (κ2) is 6.89. The average molecular weight is 377 g/mol. The molecule has 0 radical (unpaired) electrons. The minimum Gasteiger partial charge on any atom is -0.266 e. The molecule has 0 saturated heterocycles. The van der Waals surface area contributed by atoms with Crippen molar-refractivity contribution in [2.75, 3.05) is 4.72 Å². The molecule has 0 aliphatic heterocycles. The van der Waals surface area contributed by atoms with Crippen molar-refractivity contribution in [2.45, 2.75) is 18.4 Å². The first-order chi connectivity index (χ1) is 13.0. The van der Waals surface area contributed by atoms with Crippen molar-refractivity contribution in [3.8, 4) is 0 Å². The highest BCUT2D eigenvalue weighted by Gasteiger charge is 2.16. The molecule has 0 bridgehead atoms. The molecule has 0 unspecified atom stereocenters. The standard InChI is InChI=1S/C21H19N3O2S/c1-16-5-4-6-17(13-16)15-24-12-11-21(22-24)23-27(25,26)20-10-9-18-7-2-3-8-19(18)14-20/h2-14H,15H2,1H3,(H,22,23). The fourth-order valence-corrected chi connectivity index (χ4v) is 4.06. The predicted molar refractivity (Wildman–Crippen MR) is 107 cm³/mol. The first-order valence-corrected chi connectivity index (χ1v) is 10.1. The third-order valence-corrected chi connectivity index (χ3v) is 5.69. The van der Waals surface area contributed by atoms with Crippen LogP contribution in [0.5, 0.6) is 0 Å². The second-order valence-electron chi connectivity index (χ2n) is 6.50. The number of fused-ring (bicyclic) bond motifs is 1. The Morgan fingerprint density at radius 3 is 2.56 bits per heavy atom. The van der Waals surface area contributed by atoms with Crippen LogP contribution in [-0.4, -0.2) is 18.2 Å². The van der Waals surface area contributed by atoms with Crippen molar-refractivity contribution < 1.29 is 8.42 Å². The Hall–Kier alpha value is -3.12. The van der Waals surface area contributed by atoms with Gasteiger partial charge in [-0.05, 0) is 35.4 Å². The van der Waals surface area contributed by atoms with Crippen LogP contribution in [0, 0.1) is 6.92 Å². The zero-order valence-electron chi connectivity index (χ0n) is 14.8. The van der Waals surface area contributed by atoms with Crippen LogP contribution < -0.4 is 4.72 Å². The molecule has 0 fully saturated rings. The van der Waals surface area contributed by atoms with Crippen molar-refractivity contribution in [2.24, 2.45) is 0 Å². The maximum atomic E-state index is 12.7. The van der Waals surface area contributed by atoms with E-state index >= 15 is 0 Å². The fraction of sp³-hybridized carbons (Fsp3) is 0.0952. The van der Waals surface area contributed by atoms with Gasteiger partial charge in [-0.15, -0.1) is 0 Å². The average Bonchev–Trinajstić information content (AvgIpc) is 3.07. The normalized spacial score (nSPS) is 11.6.